The fourth-order valence-electron chi connectivity index (χ4n) is 3.45. The van der Waals surface area contributed by atoms with Crippen LogP contribution in [0, 0.1) is 0 Å². The standard InChI is InChI=1S/C21H27N3O4/c1-27-10-8-22-21(26)15-24-14-20(28-2)19(25)11-18(24)13-23-9-7-16-5-3-4-6-17(16)12-23/h3-6,11,14H,7-10,12-13,15H2,1-2H3,(H,22,26). The van der Waals surface area contributed by atoms with Gasteiger partial charge in [0.2, 0.25) is 11.3 Å². The smallest absolute Gasteiger partial charge is 0.240 e. The molecule has 0 saturated carbocycles. The average Bonchev–Trinajstić information content (AvgIpc) is 2.70. The first-order valence-corrected chi connectivity index (χ1v) is 9.43. The highest BCUT2D eigenvalue weighted by Crippen LogP contribution is 2.20. The Labute approximate surface area is 164 Å². The summed E-state index contributed by atoms with van der Waals surface area (Å²) in [5.41, 5.74) is 3.31. The molecule has 150 valence electrons. The average molecular weight is 385 g/mol. The third kappa shape index (κ3) is 4.99. The first kappa shape index (κ1) is 20.1. The maximum absolute atomic E-state index is 12.3. The van der Waals surface area contributed by atoms with Crippen molar-refractivity contribution in [3.8, 4) is 5.75 Å². The number of rotatable bonds is 8. The minimum Gasteiger partial charge on any atom is -0.491 e. The second kappa shape index (κ2) is 9.52. The Bertz CT molecular complexity index is 878. The van der Waals surface area contributed by atoms with Gasteiger partial charge in [-0.2, -0.15) is 0 Å². The van der Waals surface area contributed by atoms with E-state index in [1.807, 2.05) is 0 Å². The molecule has 1 aliphatic rings. The van der Waals surface area contributed by atoms with Gasteiger partial charge in [-0.25, -0.2) is 0 Å². The Morgan fingerprint density at radius 2 is 2.00 bits per heavy atom. The minimum absolute atomic E-state index is 0.125. The van der Waals surface area contributed by atoms with E-state index in [-0.39, 0.29) is 23.6 Å². The Morgan fingerprint density at radius 1 is 1.21 bits per heavy atom. The van der Waals surface area contributed by atoms with Crippen LogP contribution in [0.25, 0.3) is 0 Å². The van der Waals surface area contributed by atoms with Crippen LogP contribution in [0.5, 0.6) is 5.75 Å². The topological polar surface area (TPSA) is 72.8 Å². The quantitative estimate of drug-likeness (QED) is 0.691. The zero-order valence-corrected chi connectivity index (χ0v) is 16.4. The largest absolute Gasteiger partial charge is 0.491 e. The Kier molecular flexibility index (Phi) is 6.84. The van der Waals surface area contributed by atoms with E-state index in [2.05, 4.69) is 34.5 Å². The van der Waals surface area contributed by atoms with Crippen molar-refractivity contribution in [2.45, 2.75) is 26.1 Å². The molecule has 0 atom stereocenters. The summed E-state index contributed by atoms with van der Waals surface area (Å²) in [5, 5.41) is 2.81. The molecule has 0 bridgehead atoms. The molecular formula is C21H27N3O4. The number of nitrogens with one attached hydrogen (secondary N) is 1. The molecule has 0 fully saturated rings. The zero-order chi connectivity index (χ0) is 19.9. The van der Waals surface area contributed by atoms with E-state index < -0.39 is 0 Å². The van der Waals surface area contributed by atoms with Crippen LogP contribution in [0.4, 0.5) is 0 Å². The van der Waals surface area contributed by atoms with E-state index in [1.165, 1.54) is 18.2 Å². The molecule has 1 aromatic heterocycles. The van der Waals surface area contributed by atoms with Gasteiger partial charge in [0, 0.05) is 45.0 Å². The zero-order valence-electron chi connectivity index (χ0n) is 16.4. The third-order valence-corrected chi connectivity index (χ3v) is 4.94. The summed E-state index contributed by atoms with van der Waals surface area (Å²) in [7, 11) is 3.05. The van der Waals surface area contributed by atoms with Gasteiger partial charge in [-0.1, -0.05) is 24.3 Å². The highest BCUT2D eigenvalue weighted by Gasteiger charge is 2.18. The van der Waals surface area contributed by atoms with Crippen LogP contribution >= 0.6 is 0 Å². The van der Waals surface area contributed by atoms with Gasteiger partial charge in [0.25, 0.3) is 0 Å². The molecule has 2 aromatic rings. The molecule has 28 heavy (non-hydrogen) atoms. The van der Waals surface area contributed by atoms with Gasteiger partial charge >= 0.3 is 0 Å². The molecule has 0 aliphatic carbocycles. The minimum atomic E-state index is -0.175. The number of hydrogen-bond donors (Lipinski definition) is 1. The predicted octanol–water partition coefficient (Wildman–Crippen LogP) is 1.18. The van der Waals surface area contributed by atoms with Crippen molar-refractivity contribution in [1.82, 2.24) is 14.8 Å². The fourth-order valence-corrected chi connectivity index (χ4v) is 3.45. The number of pyridine rings is 1. The lowest BCUT2D eigenvalue weighted by Gasteiger charge is -2.29. The number of amides is 1. The molecular weight excluding hydrogens is 358 g/mol. The van der Waals surface area contributed by atoms with E-state index in [0.29, 0.717) is 19.7 Å². The second-order valence-corrected chi connectivity index (χ2v) is 6.90. The predicted molar refractivity (Wildman–Crippen MR) is 106 cm³/mol. The Hall–Kier alpha value is -2.64. The van der Waals surface area contributed by atoms with E-state index >= 15 is 0 Å². The third-order valence-electron chi connectivity index (χ3n) is 4.94. The molecule has 1 aliphatic heterocycles. The van der Waals surface area contributed by atoms with Gasteiger partial charge in [-0.15, -0.1) is 0 Å². The maximum atomic E-state index is 12.3. The summed E-state index contributed by atoms with van der Waals surface area (Å²) < 4.78 is 11.9. The molecule has 2 heterocycles. The Morgan fingerprint density at radius 3 is 2.75 bits per heavy atom. The number of aromatic nitrogens is 1. The van der Waals surface area contributed by atoms with Crippen LogP contribution in [0.1, 0.15) is 16.8 Å². The first-order valence-electron chi connectivity index (χ1n) is 9.43. The van der Waals surface area contributed by atoms with Crippen LogP contribution in [0.2, 0.25) is 0 Å². The molecule has 7 heteroatoms. The fraction of sp³-hybridized carbons (Fsp3) is 0.429. The van der Waals surface area contributed by atoms with Crippen molar-refractivity contribution in [3.63, 3.8) is 0 Å². The van der Waals surface area contributed by atoms with E-state index in [9.17, 15) is 9.59 Å². The number of carbonyl (C=O) groups is 1. The number of nitrogens with zero attached hydrogens (tertiary/aromatic N) is 2. The summed E-state index contributed by atoms with van der Waals surface area (Å²) in [6.45, 7) is 3.37. The molecule has 1 aromatic carbocycles. The van der Waals surface area contributed by atoms with Crippen molar-refractivity contribution < 1.29 is 14.3 Å². The second-order valence-electron chi connectivity index (χ2n) is 6.90. The number of ether oxygens (including phenoxy) is 2. The van der Waals surface area contributed by atoms with Gasteiger partial charge in [-0.05, 0) is 17.5 Å². The lowest BCUT2D eigenvalue weighted by Crippen LogP contribution is -2.34. The summed E-state index contributed by atoms with van der Waals surface area (Å²) in [6.07, 6.45) is 2.60. The molecule has 0 unspecified atom stereocenters. The van der Waals surface area contributed by atoms with Gasteiger partial charge in [0.1, 0.15) is 6.54 Å². The van der Waals surface area contributed by atoms with Crippen LogP contribution in [-0.4, -0.2) is 49.3 Å². The van der Waals surface area contributed by atoms with Crippen LogP contribution in [0.3, 0.4) is 0 Å². The summed E-state index contributed by atoms with van der Waals surface area (Å²) in [6, 6.07) is 10.0. The van der Waals surface area contributed by atoms with Gasteiger partial charge in [-0.3, -0.25) is 14.5 Å². The number of benzene rings is 1. The normalized spacial score (nSPS) is 13.8. The number of carbonyl (C=O) groups excluding carboxylic acids is 1. The molecule has 0 spiro atoms. The number of methoxy groups -OCH3 is 2. The van der Waals surface area contributed by atoms with E-state index in [0.717, 1.165) is 25.2 Å². The highest BCUT2D eigenvalue weighted by molar-refractivity contribution is 5.75. The first-order chi connectivity index (χ1) is 13.6. The van der Waals surface area contributed by atoms with Gasteiger partial charge in [0.15, 0.2) is 5.75 Å². The molecule has 3 rings (SSSR count). The lowest BCUT2D eigenvalue weighted by atomic mass is 10.00. The highest BCUT2D eigenvalue weighted by atomic mass is 16.5. The van der Waals surface area contributed by atoms with Crippen LogP contribution in [0.15, 0.2) is 41.3 Å². The molecule has 0 saturated heterocycles. The van der Waals surface area contributed by atoms with E-state index in [4.69, 9.17) is 9.47 Å². The van der Waals surface area contributed by atoms with Gasteiger partial charge < -0.3 is 19.4 Å². The summed E-state index contributed by atoms with van der Waals surface area (Å²) in [5.74, 6) is 0.102. The molecule has 1 N–H and O–H groups in total. The summed E-state index contributed by atoms with van der Waals surface area (Å²) in [4.78, 5) is 26.8. The number of hydrogen-bond acceptors (Lipinski definition) is 5. The SMILES string of the molecule is COCCNC(=O)Cn1cc(OC)c(=O)cc1CN1CCc2ccccc2C1. The van der Waals surface area contributed by atoms with Gasteiger partial charge in [0.05, 0.1) is 19.9 Å². The Balaban J connectivity index is 1.76. The van der Waals surface area contributed by atoms with Crippen molar-refractivity contribution in [3.05, 3.63) is 63.6 Å². The molecule has 1 amide bonds. The molecule has 7 nitrogen and oxygen atoms in total. The number of fused-ring (bicyclic) bond motifs is 1. The maximum Gasteiger partial charge on any atom is 0.240 e. The van der Waals surface area contributed by atoms with Crippen molar-refractivity contribution in [2.24, 2.45) is 0 Å². The van der Waals surface area contributed by atoms with Crippen LogP contribution < -0.4 is 15.5 Å². The van der Waals surface area contributed by atoms with Crippen molar-refractivity contribution >= 4 is 5.91 Å². The van der Waals surface area contributed by atoms with Crippen molar-refractivity contribution in [2.75, 3.05) is 33.9 Å². The lowest BCUT2D eigenvalue weighted by molar-refractivity contribution is -0.121. The molecule has 0 radical (unpaired) electrons. The van der Waals surface area contributed by atoms with E-state index in [1.54, 1.807) is 23.9 Å². The van der Waals surface area contributed by atoms with Crippen molar-refractivity contribution in [1.29, 1.82) is 0 Å². The monoisotopic (exact) mass is 385 g/mol. The summed E-state index contributed by atoms with van der Waals surface area (Å²) >= 11 is 0. The van der Waals surface area contributed by atoms with Crippen LogP contribution in [-0.2, 0) is 35.6 Å².